The first-order chi connectivity index (χ1) is 14.8. The molecule has 0 aliphatic heterocycles. The average molecular weight is 445 g/mol. The minimum Gasteiger partial charge on any atom is -0.493 e. The molecule has 0 radical (unpaired) electrons. The third-order valence-corrected chi connectivity index (χ3v) is 6.59. The Labute approximate surface area is 181 Å². The van der Waals surface area contributed by atoms with Gasteiger partial charge in [0, 0.05) is 25.7 Å². The zero-order valence-corrected chi connectivity index (χ0v) is 18.5. The van der Waals surface area contributed by atoms with Crippen LogP contribution in [0.1, 0.15) is 16.1 Å². The van der Waals surface area contributed by atoms with Crippen molar-refractivity contribution in [2.24, 2.45) is 0 Å². The van der Waals surface area contributed by atoms with Crippen molar-refractivity contribution >= 4 is 21.6 Å². The van der Waals surface area contributed by atoms with Gasteiger partial charge < -0.3 is 18.8 Å². The third-order valence-electron chi connectivity index (χ3n) is 4.81. The number of furan rings is 1. The molecule has 1 heterocycles. The molecule has 0 fully saturated rings. The van der Waals surface area contributed by atoms with Crippen molar-refractivity contribution < 1.29 is 27.1 Å². The van der Waals surface area contributed by atoms with Crippen molar-refractivity contribution in [2.75, 3.05) is 32.6 Å². The lowest BCUT2D eigenvalue weighted by Gasteiger charge is -2.21. The van der Waals surface area contributed by atoms with Crippen LogP contribution in [0.5, 0.6) is 11.5 Å². The van der Waals surface area contributed by atoms with Gasteiger partial charge in [0.1, 0.15) is 5.76 Å². The molecule has 2 aromatic carbocycles. The zero-order valence-electron chi connectivity index (χ0n) is 17.7. The van der Waals surface area contributed by atoms with E-state index in [9.17, 15) is 13.2 Å². The minimum atomic E-state index is -3.84. The molecule has 1 amide bonds. The van der Waals surface area contributed by atoms with Gasteiger partial charge in [-0.15, -0.1) is 0 Å². The number of carbonyl (C=O) groups is 1. The number of sulfonamides is 1. The highest BCUT2D eigenvalue weighted by Crippen LogP contribution is 2.31. The third kappa shape index (κ3) is 4.66. The van der Waals surface area contributed by atoms with Gasteiger partial charge in [-0.25, -0.2) is 8.42 Å². The number of amides is 1. The van der Waals surface area contributed by atoms with Gasteiger partial charge in [0.25, 0.3) is 15.9 Å². The summed E-state index contributed by atoms with van der Waals surface area (Å²) in [6.45, 7) is 0.334. The van der Waals surface area contributed by atoms with Crippen LogP contribution >= 0.6 is 0 Å². The summed E-state index contributed by atoms with van der Waals surface area (Å²) in [5, 5.41) is 0. The van der Waals surface area contributed by atoms with Gasteiger partial charge in [-0.05, 0) is 48.5 Å². The first-order valence-electron chi connectivity index (χ1n) is 9.36. The largest absolute Gasteiger partial charge is 0.493 e. The molecular formula is C22H24N2O6S. The molecule has 31 heavy (non-hydrogen) atoms. The summed E-state index contributed by atoms with van der Waals surface area (Å²) >= 11 is 0. The fourth-order valence-corrected chi connectivity index (χ4v) is 4.23. The molecule has 0 aliphatic rings. The molecule has 0 N–H and O–H groups in total. The molecule has 0 aliphatic carbocycles. The summed E-state index contributed by atoms with van der Waals surface area (Å²) in [5.74, 6) is 1.23. The zero-order chi connectivity index (χ0) is 22.6. The number of rotatable bonds is 8. The van der Waals surface area contributed by atoms with E-state index in [0.717, 1.165) is 4.31 Å². The maximum Gasteiger partial charge on any atom is 0.264 e. The van der Waals surface area contributed by atoms with Gasteiger partial charge in [-0.1, -0.05) is 0 Å². The van der Waals surface area contributed by atoms with E-state index < -0.39 is 10.0 Å². The fourth-order valence-electron chi connectivity index (χ4n) is 3.02. The average Bonchev–Trinajstić information content (AvgIpc) is 3.30. The highest BCUT2D eigenvalue weighted by Gasteiger charge is 2.23. The van der Waals surface area contributed by atoms with Gasteiger partial charge in [0.15, 0.2) is 11.5 Å². The Morgan fingerprint density at radius 3 is 2.23 bits per heavy atom. The lowest BCUT2D eigenvalue weighted by Crippen LogP contribution is -2.27. The van der Waals surface area contributed by atoms with Crippen LogP contribution in [0.3, 0.4) is 0 Å². The van der Waals surface area contributed by atoms with Crippen molar-refractivity contribution in [3.8, 4) is 11.5 Å². The molecule has 0 bridgehead atoms. The van der Waals surface area contributed by atoms with Crippen molar-refractivity contribution in [1.29, 1.82) is 0 Å². The maximum absolute atomic E-state index is 13.0. The quantitative estimate of drug-likeness (QED) is 0.529. The van der Waals surface area contributed by atoms with Crippen LogP contribution in [0.2, 0.25) is 0 Å². The summed E-state index contributed by atoms with van der Waals surface area (Å²) in [5.41, 5.74) is 0.856. The van der Waals surface area contributed by atoms with Crippen molar-refractivity contribution in [3.63, 3.8) is 0 Å². The molecule has 0 saturated carbocycles. The number of hydrogen-bond acceptors (Lipinski definition) is 6. The SMILES string of the molecule is COc1ccc(S(=O)(=O)N(C)c2ccc(C(=O)N(C)Cc3ccco3)cc2)cc1OC. The Kier molecular flexibility index (Phi) is 6.55. The number of methoxy groups -OCH3 is 2. The van der Waals surface area contributed by atoms with Crippen LogP contribution in [0.4, 0.5) is 5.69 Å². The second-order valence-corrected chi connectivity index (χ2v) is 8.75. The van der Waals surface area contributed by atoms with Crippen LogP contribution in [0, 0.1) is 0 Å². The Morgan fingerprint density at radius 1 is 0.968 bits per heavy atom. The number of nitrogens with zero attached hydrogens (tertiary/aromatic N) is 2. The molecule has 0 spiro atoms. The number of ether oxygens (including phenoxy) is 2. The molecule has 8 nitrogen and oxygen atoms in total. The summed E-state index contributed by atoms with van der Waals surface area (Å²) in [4.78, 5) is 14.2. The Morgan fingerprint density at radius 2 is 1.65 bits per heavy atom. The Balaban J connectivity index is 1.79. The smallest absolute Gasteiger partial charge is 0.264 e. The molecular weight excluding hydrogens is 420 g/mol. The summed E-state index contributed by atoms with van der Waals surface area (Å²) in [6.07, 6.45) is 1.55. The lowest BCUT2D eigenvalue weighted by atomic mass is 10.2. The van der Waals surface area contributed by atoms with Gasteiger partial charge in [-0.3, -0.25) is 9.10 Å². The second kappa shape index (κ2) is 9.13. The van der Waals surface area contributed by atoms with Crippen molar-refractivity contribution in [1.82, 2.24) is 4.90 Å². The minimum absolute atomic E-state index is 0.0611. The van der Waals surface area contributed by atoms with Crippen LogP contribution in [0.25, 0.3) is 0 Å². The van der Waals surface area contributed by atoms with Crippen molar-refractivity contribution in [3.05, 3.63) is 72.2 Å². The predicted octanol–water partition coefficient (Wildman–Crippen LogP) is 3.39. The van der Waals surface area contributed by atoms with Crippen molar-refractivity contribution in [2.45, 2.75) is 11.4 Å². The molecule has 0 saturated heterocycles. The van der Waals surface area contributed by atoms with Gasteiger partial charge >= 0.3 is 0 Å². The number of hydrogen-bond donors (Lipinski definition) is 0. The van der Waals surface area contributed by atoms with Crippen LogP contribution < -0.4 is 13.8 Å². The number of benzene rings is 2. The highest BCUT2D eigenvalue weighted by molar-refractivity contribution is 7.92. The van der Waals surface area contributed by atoms with E-state index in [0.29, 0.717) is 35.1 Å². The second-order valence-electron chi connectivity index (χ2n) is 6.78. The lowest BCUT2D eigenvalue weighted by molar-refractivity contribution is 0.0775. The van der Waals surface area contributed by atoms with E-state index >= 15 is 0 Å². The molecule has 3 aromatic rings. The molecule has 9 heteroatoms. The van der Waals surface area contributed by atoms with E-state index in [2.05, 4.69) is 0 Å². The standard InChI is InChI=1S/C22H24N2O6S/c1-23(15-18-6-5-13-30-18)22(25)16-7-9-17(10-8-16)24(2)31(26,27)19-11-12-20(28-3)21(14-19)29-4/h5-14H,15H2,1-4H3. The molecule has 0 unspecified atom stereocenters. The first-order valence-corrected chi connectivity index (χ1v) is 10.8. The van der Waals surface area contributed by atoms with E-state index in [4.69, 9.17) is 13.9 Å². The summed E-state index contributed by atoms with van der Waals surface area (Å²) in [7, 11) is 2.20. The first kappa shape index (κ1) is 22.2. The monoisotopic (exact) mass is 444 g/mol. The Hall–Kier alpha value is -3.46. The fraction of sp³-hybridized carbons (Fsp3) is 0.227. The Bertz CT molecular complexity index is 1140. The van der Waals surface area contributed by atoms with E-state index in [1.807, 2.05) is 0 Å². The van der Waals surface area contributed by atoms with E-state index in [1.54, 1.807) is 49.7 Å². The van der Waals surface area contributed by atoms with Crippen LogP contribution in [-0.2, 0) is 16.6 Å². The molecule has 0 atom stereocenters. The van der Waals surface area contributed by atoms with Gasteiger partial charge in [0.2, 0.25) is 0 Å². The van der Waals surface area contributed by atoms with Gasteiger partial charge in [0.05, 0.1) is 37.6 Å². The van der Waals surface area contributed by atoms with E-state index in [1.165, 1.54) is 44.4 Å². The summed E-state index contributed by atoms with van der Waals surface area (Å²) < 4.78 is 42.9. The van der Waals surface area contributed by atoms with E-state index in [-0.39, 0.29) is 10.8 Å². The summed E-state index contributed by atoms with van der Waals surface area (Å²) in [6, 6.07) is 14.3. The number of carbonyl (C=O) groups excluding carboxylic acids is 1. The van der Waals surface area contributed by atoms with Crippen LogP contribution in [-0.4, -0.2) is 47.5 Å². The number of anilines is 1. The molecule has 3 rings (SSSR count). The topological polar surface area (TPSA) is 89.3 Å². The maximum atomic E-state index is 13.0. The van der Waals surface area contributed by atoms with Gasteiger partial charge in [-0.2, -0.15) is 0 Å². The molecule has 164 valence electrons. The normalized spacial score (nSPS) is 11.1. The predicted molar refractivity (Wildman–Crippen MR) is 116 cm³/mol. The molecule has 1 aromatic heterocycles. The van der Waals surface area contributed by atoms with Crippen LogP contribution in [0.15, 0.2) is 70.2 Å². The highest BCUT2D eigenvalue weighted by atomic mass is 32.2.